The number of carbonyl (C=O) groups excluding carboxylic acids is 2. The quantitative estimate of drug-likeness (QED) is 0.293. The van der Waals surface area contributed by atoms with Gasteiger partial charge in [-0.15, -0.1) is 5.10 Å². The number of nitrogens with zero attached hydrogens (tertiary/aromatic N) is 5. The zero-order valence-corrected chi connectivity index (χ0v) is 20.0. The Morgan fingerprint density at radius 3 is 2.41 bits per heavy atom. The van der Waals surface area contributed by atoms with Gasteiger partial charge in [-0.05, 0) is 63.9 Å². The largest absolute Gasteiger partial charge is 0.497 e. The van der Waals surface area contributed by atoms with Crippen molar-refractivity contribution in [3.05, 3.63) is 76.1 Å². The third kappa shape index (κ3) is 4.68. The Hall–Kier alpha value is -4.01. The van der Waals surface area contributed by atoms with Crippen LogP contribution in [0.1, 0.15) is 49.3 Å². The second-order valence-corrected chi connectivity index (χ2v) is 8.22. The maximum Gasteiger partial charge on any atom is 0.378 e. The smallest absolute Gasteiger partial charge is 0.378 e. The van der Waals surface area contributed by atoms with E-state index in [1.807, 2.05) is 64.1 Å². The van der Waals surface area contributed by atoms with Crippen LogP contribution in [-0.2, 0) is 17.7 Å². The Morgan fingerprint density at radius 2 is 1.71 bits per heavy atom. The molecule has 4 aromatic rings. The topological polar surface area (TPSA) is 101 Å². The summed E-state index contributed by atoms with van der Waals surface area (Å²) in [5.41, 5.74) is 5.10. The number of carbonyl (C=O) groups is 2. The number of benzene rings is 1. The monoisotopic (exact) mass is 461 g/mol. The Labute approximate surface area is 197 Å². The minimum Gasteiger partial charge on any atom is -0.497 e. The van der Waals surface area contributed by atoms with Gasteiger partial charge in [-0.1, -0.05) is 12.1 Å². The van der Waals surface area contributed by atoms with Gasteiger partial charge >= 0.3 is 5.97 Å². The number of fused-ring (bicyclic) bond motifs is 1. The van der Waals surface area contributed by atoms with Crippen LogP contribution in [0.4, 0.5) is 0 Å². The molecule has 0 N–H and O–H groups in total. The van der Waals surface area contributed by atoms with E-state index in [9.17, 15) is 9.59 Å². The van der Waals surface area contributed by atoms with Crippen molar-refractivity contribution in [2.24, 2.45) is 0 Å². The number of esters is 1. The van der Waals surface area contributed by atoms with Crippen LogP contribution in [0.5, 0.6) is 5.75 Å². The van der Waals surface area contributed by atoms with Gasteiger partial charge < -0.3 is 14.0 Å². The lowest BCUT2D eigenvalue weighted by Crippen LogP contribution is -2.16. The molecule has 0 aliphatic heterocycles. The summed E-state index contributed by atoms with van der Waals surface area (Å²) >= 11 is 0. The van der Waals surface area contributed by atoms with Crippen molar-refractivity contribution in [1.29, 1.82) is 0 Å². The summed E-state index contributed by atoms with van der Waals surface area (Å²) in [6.07, 6.45) is 0.815. The molecular formula is C25H27N5O4. The second kappa shape index (κ2) is 9.46. The highest BCUT2D eigenvalue weighted by molar-refractivity contribution is 6.00. The van der Waals surface area contributed by atoms with Gasteiger partial charge in [0, 0.05) is 34.9 Å². The number of rotatable bonds is 8. The first kappa shape index (κ1) is 23.2. The van der Waals surface area contributed by atoms with Crippen LogP contribution in [0.2, 0.25) is 0 Å². The minimum atomic E-state index is -0.760. The molecule has 4 rings (SSSR count). The predicted molar refractivity (Wildman–Crippen MR) is 125 cm³/mol. The second-order valence-electron chi connectivity index (χ2n) is 8.22. The standard InChI is InChI=1S/C25H27N5O4/c1-15-12-17(3)30-25(26-15)27-23(28-30)24(32)34-14-22(31)21-13-16(2)29(18(21)4)11-10-19-6-8-20(33-5)9-7-19/h6-9,12-13H,10-11,14H2,1-5H3. The predicted octanol–water partition coefficient (Wildman–Crippen LogP) is 3.45. The highest BCUT2D eigenvalue weighted by Gasteiger charge is 2.21. The zero-order valence-electron chi connectivity index (χ0n) is 20.0. The van der Waals surface area contributed by atoms with E-state index < -0.39 is 5.97 Å². The van der Waals surface area contributed by atoms with Crippen molar-refractivity contribution in [3.8, 4) is 5.75 Å². The fourth-order valence-electron chi connectivity index (χ4n) is 3.99. The van der Waals surface area contributed by atoms with Crippen molar-refractivity contribution in [3.63, 3.8) is 0 Å². The number of hydrogen-bond acceptors (Lipinski definition) is 7. The molecule has 3 heterocycles. The van der Waals surface area contributed by atoms with E-state index in [0.717, 1.165) is 41.5 Å². The summed E-state index contributed by atoms with van der Waals surface area (Å²) in [6, 6.07) is 11.6. The molecule has 0 fully saturated rings. The van der Waals surface area contributed by atoms with E-state index in [1.165, 1.54) is 10.1 Å². The first-order valence-corrected chi connectivity index (χ1v) is 11.0. The summed E-state index contributed by atoms with van der Waals surface area (Å²) in [4.78, 5) is 33.7. The molecule has 0 atom stereocenters. The summed E-state index contributed by atoms with van der Waals surface area (Å²) in [7, 11) is 1.64. The number of aromatic nitrogens is 5. The van der Waals surface area contributed by atoms with E-state index in [4.69, 9.17) is 9.47 Å². The number of methoxy groups -OCH3 is 1. The Balaban J connectivity index is 1.41. The number of aryl methyl sites for hydroxylation is 4. The molecule has 0 spiro atoms. The third-order valence-electron chi connectivity index (χ3n) is 5.79. The summed E-state index contributed by atoms with van der Waals surface area (Å²) in [6.45, 7) is 7.89. The highest BCUT2D eigenvalue weighted by atomic mass is 16.5. The van der Waals surface area contributed by atoms with Gasteiger partial charge in [-0.2, -0.15) is 4.98 Å². The SMILES string of the molecule is COc1ccc(CCn2c(C)cc(C(=O)COC(=O)c3nc4nc(C)cc(C)n4n3)c2C)cc1. The summed E-state index contributed by atoms with van der Waals surface area (Å²) in [5.74, 6) is -0.0229. The zero-order chi connectivity index (χ0) is 24.4. The maximum absolute atomic E-state index is 12.8. The molecule has 1 aromatic carbocycles. The highest BCUT2D eigenvalue weighted by Crippen LogP contribution is 2.18. The maximum atomic E-state index is 12.8. The van der Waals surface area contributed by atoms with Crippen LogP contribution < -0.4 is 4.74 Å². The number of ketones is 1. The lowest BCUT2D eigenvalue weighted by molar-refractivity contribution is 0.0462. The summed E-state index contributed by atoms with van der Waals surface area (Å²) in [5, 5.41) is 4.15. The van der Waals surface area contributed by atoms with E-state index in [2.05, 4.69) is 19.6 Å². The molecular weight excluding hydrogens is 434 g/mol. The lowest BCUT2D eigenvalue weighted by atomic mass is 10.1. The number of Topliss-reactive ketones (excluding diaryl/α,β-unsaturated/α-hetero) is 1. The fraction of sp³-hybridized carbons (Fsp3) is 0.320. The van der Waals surface area contributed by atoms with Gasteiger partial charge in [0.05, 0.1) is 7.11 Å². The minimum absolute atomic E-state index is 0.126. The Bertz CT molecular complexity index is 1370. The molecule has 0 aliphatic carbocycles. The van der Waals surface area contributed by atoms with Crippen LogP contribution in [0.25, 0.3) is 5.78 Å². The molecule has 0 aliphatic rings. The third-order valence-corrected chi connectivity index (χ3v) is 5.79. The molecule has 0 unspecified atom stereocenters. The van der Waals surface area contributed by atoms with E-state index in [0.29, 0.717) is 11.3 Å². The Kier molecular flexibility index (Phi) is 6.45. The van der Waals surface area contributed by atoms with Gasteiger partial charge in [-0.25, -0.2) is 14.3 Å². The van der Waals surface area contributed by atoms with Crippen LogP contribution >= 0.6 is 0 Å². The number of hydrogen-bond donors (Lipinski definition) is 0. The van der Waals surface area contributed by atoms with Crippen molar-refractivity contribution < 1.29 is 19.1 Å². The molecule has 3 aromatic heterocycles. The van der Waals surface area contributed by atoms with Crippen molar-refractivity contribution in [2.75, 3.05) is 13.7 Å². The van der Waals surface area contributed by atoms with Crippen molar-refractivity contribution in [2.45, 2.75) is 40.7 Å². The van der Waals surface area contributed by atoms with Crippen LogP contribution in [0.15, 0.2) is 36.4 Å². The molecule has 0 bridgehead atoms. The van der Waals surface area contributed by atoms with Gasteiger partial charge in [0.15, 0.2) is 6.61 Å². The van der Waals surface area contributed by atoms with E-state index >= 15 is 0 Å². The van der Waals surface area contributed by atoms with Gasteiger partial charge in [0.1, 0.15) is 5.75 Å². The Morgan fingerprint density at radius 1 is 0.971 bits per heavy atom. The van der Waals surface area contributed by atoms with Crippen LogP contribution in [0.3, 0.4) is 0 Å². The lowest BCUT2D eigenvalue weighted by Gasteiger charge is -2.10. The average Bonchev–Trinajstić information content (AvgIpc) is 3.37. The molecule has 0 radical (unpaired) electrons. The average molecular weight is 462 g/mol. The van der Waals surface area contributed by atoms with Crippen LogP contribution in [-0.4, -0.2) is 49.6 Å². The summed E-state index contributed by atoms with van der Waals surface area (Å²) < 4.78 is 14.0. The molecule has 34 heavy (non-hydrogen) atoms. The van der Waals surface area contributed by atoms with Gasteiger partial charge in [0.25, 0.3) is 11.6 Å². The first-order chi connectivity index (χ1) is 16.3. The van der Waals surface area contributed by atoms with E-state index in [-0.39, 0.29) is 18.2 Å². The molecule has 9 heteroatoms. The van der Waals surface area contributed by atoms with Gasteiger partial charge in [-0.3, -0.25) is 4.79 Å². The molecule has 9 nitrogen and oxygen atoms in total. The van der Waals surface area contributed by atoms with Crippen molar-refractivity contribution >= 4 is 17.5 Å². The van der Waals surface area contributed by atoms with Gasteiger partial charge in [0.2, 0.25) is 5.78 Å². The fourth-order valence-corrected chi connectivity index (χ4v) is 3.99. The molecule has 0 saturated heterocycles. The van der Waals surface area contributed by atoms with Crippen LogP contribution in [0, 0.1) is 27.7 Å². The molecule has 0 amide bonds. The van der Waals surface area contributed by atoms with E-state index in [1.54, 1.807) is 7.11 Å². The number of ether oxygens (including phenoxy) is 2. The normalized spacial score (nSPS) is 11.1. The van der Waals surface area contributed by atoms with Crippen molar-refractivity contribution in [1.82, 2.24) is 24.1 Å². The molecule has 176 valence electrons. The molecule has 0 saturated carbocycles. The first-order valence-electron chi connectivity index (χ1n) is 11.0.